The molecule has 2 aromatic rings. The highest BCUT2D eigenvalue weighted by Gasteiger charge is 2.36. The Bertz CT molecular complexity index is 1190. The third-order valence-electron chi connectivity index (χ3n) is 5.24. The number of amides is 3. The van der Waals surface area contributed by atoms with Gasteiger partial charge in [0.25, 0.3) is 23.4 Å². The van der Waals surface area contributed by atoms with Gasteiger partial charge in [0.2, 0.25) is 0 Å². The van der Waals surface area contributed by atoms with Crippen molar-refractivity contribution in [1.29, 1.82) is 0 Å². The molecule has 0 aliphatic carbocycles. The van der Waals surface area contributed by atoms with Gasteiger partial charge in [-0.1, -0.05) is 0 Å². The number of carbonyl (C=O) groups is 4. The molecule has 12 heteroatoms. The molecule has 2 aromatic carbocycles. The minimum absolute atomic E-state index is 0.0174. The summed E-state index contributed by atoms with van der Waals surface area (Å²) < 4.78 is 15.2. The standard InChI is InChI=1S/C23H23N3O9/c1-13(20(27)24-18-12-15(26(31)32)6-8-19(18)34-3)35-23(30)14-5-7-16-17(11-14)22(29)25(21(16)28)9-4-10-33-2/h5-8,11-13H,4,9-10H2,1-3H3,(H,24,27). The first-order chi connectivity index (χ1) is 16.7. The first-order valence-electron chi connectivity index (χ1n) is 10.5. The molecule has 1 heterocycles. The minimum atomic E-state index is -1.29. The summed E-state index contributed by atoms with van der Waals surface area (Å²) in [6.45, 7) is 1.88. The Morgan fingerprint density at radius 2 is 1.80 bits per heavy atom. The zero-order chi connectivity index (χ0) is 25.7. The number of anilines is 1. The number of ether oxygens (including phenoxy) is 3. The maximum atomic E-state index is 12.6. The summed E-state index contributed by atoms with van der Waals surface area (Å²) in [5.41, 5.74) is -0.00628. The zero-order valence-electron chi connectivity index (χ0n) is 19.2. The Morgan fingerprint density at radius 3 is 2.46 bits per heavy atom. The van der Waals surface area contributed by atoms with Crippen LogP contribution in [0.5, 0.6) is 5.75 Å². The fourth-order valence-corrected chi connectivity index (χ4v) is 3.41. The van der Waals surface area contributed by atoms with Crippen LogP contribution in [0, 0.1) is 10.1 Å². The first kappa shape index (κ1) is 25.3. The molecule has 3 rings (SSSR count). The number of methoxy groups -OCH3 is 2. The van der Waals surface area contributed by atoms with E-state index in [1.165, 1.54) is 51.5 Å². The number of carbonyl (C=O) groups excluding carboxylic acids is 4. The van der Waals surface area contributed by atoms with Gasteiger partial charge in [-0.05, 0) is 37.6 Å². The molecule has 1 unspecified atom stereocenters. The number of fused-ring (bicyclic) bond motifs is 1. The normalized spacial score (nSPS) is 13.3. The van der Waals surface area contributed by atoms with Crippen molar-refractivity contribution in [3.63, 3.8) is 0 Å². The van der Waals surface area contributed by atoms with Gasteiger partial charge in [-0.2, -0.15) is 0 Å². The lowest BCUT2D eigenvalue weighted by molar-refractivity contribution is -0.384. The van der Waals surface area contributed by atoms with Crippen LogP contribution in [0.1, 0.15) is 44.4 Å². The van der Waals surface area contributed by atoms with Gasteiger partial charge in [0.15, 0.2) is 6.10 Å². The van der Waals surface area contributed by atoms with Gasteiger partial charge in [0.05, 0.1) is 34.4 Å². The van der Waals surface area contributed by atoms with Crippen LogP contribution >= 0.6 is 0 Å². The number of esters is 1. The Morgan fingerprint density at radius 1 is 1.09 bits per heavy atom. The van der Waals surface area contributed by atoms with Crippen LogP contribution in [0.25, 0.3) is 0 Å². The van der Waals surface area contributed by atoms with E-state index in [2.05, 4.69) is 5.32 Å². The molecule has 184 valence electrons. The van der Waals surface area contributed by atoms with Crippen molar-refractivity contribution in [1.82, 2.24) is 4.90 Å². The summed E-state index contributed by atoms with van der Waals surface area (Å²) in [6, 6.07) is 7.61. The summed E-state index contributed by atoms with van der Waals surface area (Å²) in [6.07, 6.45) is -0.818. The second kappa shape index (κ2) is 10.7. The molecule has 1 aliphatic heterocycles. The predicted molar refractivity (Wildman–Crippen MR) is 121 cm³/mol. The molecule has 1 aliphatic rings. The van der Waals surface area contributed by atoms with Crippen molar-refractivity contribution in [2.24, 2.45) is 0 Å². The van der Waals surface area contributed by atoms with E-state index in [9.17, 15) is 29.3 Å². The average molecular weight is 485 g/mol. The van der Waals surface area contributed by atoms with Gasteiger partial charge in [-0.3, -0.25) is 29.4 Å². The number of hydrogen-bond donors (Lipinski definition) is 1. The zero-order valence-corrected chi connectivity index (χ0v) is 19.2. The number of imide groups is 1. The van der Waals surface area contributed by atoms with Crippen molar-refractivity contribution in [2.75, 3.05) is 32.7 Å². The molecule has 1 atom stereocenters. The van der Waals surface area contributed by atoms with E-state index in [1.54, 1.807) is 0 Å². The number of benzene rings is 2. The molecule has 0 radical (unpaired) electrons. The van der Waals surface area contributed by atoms with E-state index in [1.807, 2.05) is 0 Å². The maximum absolute atomic E-state index is 12.6. The number of nitro groups is 1. The minimum Gasteiger partial charge on any atom is -0.495 e. The topological polar surface area (TPSA) is 154 Å². The molecular formula is C23H23N3O9. The van der Waals surface area contributed by atoms with Crippen LogP contribution in [-0.4, -0.2) is 67.0 Å². The summed E-state index contributed by atoms with van der Waals surface area (Å²) in [4.78, 5) is 61.8. The predicted octanol–water partition coefficient (Wildman–Crippen LogP) is 2.42. The summed E-state index contributed by atoms with van der Waals surface area (Å²) in [5.74, 6) is -2.45. The Hall–Kier alpha value is -4.32. The molecule has 0 saturated heterocycles. The quantitative estimate of drug-likeness (QED) is 0.176. The maximum Gasteiger partial charge on any atom is 0.338 e. The summed E-state index contributed by atoms with van der Waals surface area (Å²) >= 11 is 0. The highest BCUT2D eigenvalue weighted by Crippen LogP contribution is 2.29. The Balaban J connectivity index is 1.70. The van der Waals surface area contributed by atoms with Crippen molar-refractivity contribution in [3.05, 3.63) is 63.2 Å². The SMILES string of the molecule is COCCCN1C(=O)c2ccc(C(=O)OC(C)C(=O)Nc3cc([N+](=O)[O-])ccc3OC)cc2C1=O. The van der Waals surface area contributed by atoms with Crippen LogP contribution in [-0.2, 0) is 14.3 Å². The first-order valence-corrected chi connectivity index (χ1v) is 10.5. The lowest BCUT2D eigenvalue weighted by Gasteiger charge is -2.15. The fraction of sp³-hybridized carbons (Fsp3) is 0.304. The Labute approximate surface area is 199 Å². The number of rotatable bonds is 10. The van der Waals surface area contributed by atoms with Gasteiger partial charge in [0, 0.05) is 32.4 Å². The van der Waals surface area contributed by atoms with Crippen LogP contribution in [0.2, 0.25) is 0 Å². The third-order valence-corrected chi connectivity index (χ3v) is 5.24. The highest BCUT2D eigenvalue weighted by molar-refractivity contribution is 6.22. The number of nitrogens with zero attached hydrogens (tertiary/aromatic N) is 2. The van der Waals surface area contributed by atoms with Gasteiger partial charge in [-0.15, -0.1) is 0 Å². The van der Waals surface area contributed by atoms with E-state index in [4.69, 9.17) is 14.2 Å². The van der Waals surface area contributed by atoms with Crippen LogP contribution in [0.15, 0.2) is 36.4 Å². The van der Waals surface area contributed by atoms with E-state index in [0.717, 1.165) is 11.0 Å². The van der Waals surface area contributed by atoms with Gasteiger partial charge in [-0.25, -0.2) is 4.79 Å². The molecule has 0 bridgehead atoms. The van der Waals surface area contributed by atoms with Gasteiger partial charge in [0.1, 0.15) is 5.75 Å². The summed E-state index contributed by atoms with van der Waals surface area (Å²) in [7, 11) is 2.85. The van der Waals surface area contributed by atoms with Crippen molar-refractivity contribution in [3.8, 4) is 5.75 Å². The van der Waals surface area contributed by atoms with Crippen LogP contribution in [0.4, 0.5) is 11.4 Å². The number of hydrogen-bond acceptors (Lipinski definition) is 9. The average Bonchev–Trinajstić information content (AvgIpc) is 3.08. The molecule has 12 nitrogen and oxygen atoms in total. The molecule has 0 fully saturated rings. The van der Waals surface area contributed by atoms with Crippen molar-refractivity contribution in [2.45, 2.75) is 19.4 Å². The molecule has 1 N–H and O–H groups in total. The molecule has 3 amide bonds. The number of nitrogens with one attached hydrogen (secondary N) is 1. The molecule has 0 spiro atoms. The largest absolute Gasteiger partial charge is 0.495 e. The van der Waals surface area contributed by atoms with E-state index in [-0.39, 0.29) is 40.4 Å². The van der Waals surface area contributed by atoms with Crippen LogP contribution < -0.4 is 10.1 Å². The monoisotopic (exact) mass is 485 g/mol. The molecule has 0 aromatic heterocycles. The molecule has 35 heavy (non-hydrogen) atoms. The lowest BCUT2D eigenvalue weighted by atomic mass is 10.1. The Kier molecular flexibility index (Phi) is 7.76. The molecular weight excluding hydrogens is 462 g/mol. The third kappa shape index (κ3) is 5.44. The van der Waals surface area contributed by atoms with Crippen molar-refractivity contribution >= 4 is 35.1 Å². The second-order valence-corrected chi connectivity index (χ2v) is 7.55. The van der Waals surface area contributed by atoms with Gasteiger partial charge >= 0.3 is 5.97 Å². The summed E-state index contributed by atoms with van der Waals surface area (Å²) in [5, 5.41) is 13.5. The van der Waals surface area contributed by atoms with Crippen LogP contribution in [0.3, 0.4) is 0 Å². The number of non-ortho nitro benzene ring substituents is 1. The van der Waals surface area contributed by atoms with Gasteiger partial charge < -0.3 is 19.5 Å². The fourth-order valence-electron chi connectivity index (χ4n) is 3.41. The van der Waals surface area contributed by atoms with E-state index < -0.39 is 34.7 Å². The second-order valence-electron chi connectivity index (χ2n) is 7.55. The smallest absolute Gasteiger partial charge is 0.338 e. The van der Waals surface area contributed by atoms with E-state index >= 15 is 0 Å². The molecule has 0 saturated carbocycles. The highest BCUT2D eigenvalue weighted by atomic mass is 16.6. The number of nitro benzene ring substituents is 1. The van der Waals surface area contributed by atoms with E-state index in [0.29, 0.717) is 13.0 Å². The van der Waals surface area contributed by atoms with Crippen molar-refractivity contribution < 1.29 is 38.3 Å². The lowest BCUT2D eigenvalue weighted by Crippen LogP contribution is -2.31.